The lowest BCUT2D eigenvalue weighted by Crippen LogP contribution is -2.26. The monoisotopic (exact) mass is 296 g/mol. The molecule has 1 saturated carbocycles. The lowest BCUT2D eigenvalue weighted by atomic mass is 10.1. The van der Waals surface area contributed by atoms with Gasteiger partial charge in [-0.1, -0.05) is 33.3 Å². The van der Waals surface area contributed by atoms with Crippen LogP contribution in [0.5, 0.6) is 0 Å². The number of esters is 2. The summed E-state index contributed by atoms with van der Waals surface area (Å²) >= 11 is 0. The van der Waals surface area contributed by atoms with Crippen LogP contribution in [0.4, 0.5) is 0 Å². The van der Waals surface area contributed by atoms with Gasteiger partial charge in [-0.05, 0) is 38.5 Å². The maximum absolute atomic E-state index is 12.1. The summed E-state index contributed by atoms with van der Waals surface area (Å²) in [5, 5.41) is 0. The second kappa shape index (κ2) is 6.63. The van der Waals surface area contributed by atoms with E-state index in [9.17, 15) is 9.59 Å². The van der Waals surface area contributed by atoms with Crippen LogP contribution in [0.1, 0.15) is 54.4 Å². The maximum Gasteiger partial charge on any atom is 0.330 e. The molecule has 1 rings (SSSR count). The van der Waals surface area contributed by atoms with Crippen LogP contribution in [-0.4, -0.2) is 24.1 Å². The molecule has 4 heteroatoms. The van der Waals surface area contributed by atoms with Gasteiger partial charge in [0.05, 0.1) is 12.5 Å². The van der Waals surface area contributed by atoms with E-state index in [-0.39, 0.29) is 29.2 Å². The maximum atomic E-state index is 12.1. The van der Waals surface area contributed by atoms with E-state index < -0.39 is 5.60 Å². The number of rotatable bonds is 6. The molecule has 0 aromatic heterocycles. The van der Waals surface area contributed by atoms with Crippen molar-refractivity contribution in [3.8, 4) is 0 Å². The highest BCUT2D eigenvalue weighted by Gasteiger charge is 2.61. The first-order chi connectivity index (χ1) is 9.59. The van der Waals surface area contributed by atoms with Crippen molar-refractivity contribution in [2.75, 3.05) is 6.61 Å². The normalized spacial score (nSPS) is 23.9. The molecule has 0 N–H and O–H groups in total. The van der Waals surface area contributed by atoms with Crippen molar-refractivity contribution in [1.82, 2.24) is 0 Å². The summed E-state index contributed by atoms with van der Waals surface area (Å²) in [6, 6.07) is 0. The van der Waals surface area contributed by atoms with E-state index in [0.29, 0.717) is 6.61 Å². The Hall–Kier alpha value is -1.32. The fraction of sp³-hybridized carbons (Fsp3) is 0.765. The first kappa shape index (κ1) is 17.7. The van der Waals surface area contributed by atoms with Crippen LogP contribution >= 0.6 is 0 Å². The zero-order chi connectivity index (χ0) is 16.3. The minimum Gasteiger partial charge on any atom is -0.463 e. The van der Waals surface area contributed by atoms with E-state index in [0.717, 1.165) is 12.8 Å². The van der Waals surface area contributed by atoms with Gasteiger partial charge in [-0.15, -0.1) is 0 Å². The van der Waals surface area contributed by atoms with Gasteiger partial charge < -0.3 is 9.47 Å². The summed E-state index contributed by atoms with van der Waals surface area (Å²) in [5.41, 5.74) is -0.647. The second-order valence-electron chi connectivity index (χ2n) is 7.24. The molecule has 1 aliphatic carbocycles. The summed E-state index contributed by atoms with van der Waals surface area (Å²) < 4.78 is 10.5. The van der Waals surface area contributed by atoms with Gasteiger partial charge in [0, 0.05) is 6.08 Å². The first-order valence-corrected chi connectivity index (χ1v) is 7.67. The van der Waals surface area contributed by atoms with Gasteiger partial charge in [-0.2, -0.15) is 0 Å². The van der Waals surface area contributed by atoms with Crippen LogP contribution in [0.2, 0.25) is 0 Å². The minimum absolute atomic E-state index is 0.0334. The zero-order valence-corrected chi connectivity index (χ0v) is 14.1. The average molecular weight is 296 g/mol. The van der Waals surface area contributed by atoms with Crippen LogP contribution in [0, 0.1) is 17.3 Å². The third-order valence-electron chi connectivity index (χ3n) is 3.75. The zero-order valence-electron chi connectivity index (χ0n) is 14.1. The van der Waals surface area contributed by atoms with Gasteiger partial charge in [-0.3, -0.25) is 4.79 Å². The molecule has 4 nitrogen and oxygen atoms in total. The van der Waals surface area contributed by atoms with Gasteiger partial charge in [-0.25, -0.2) is 4.79 Å². The van der Waals surface area contributed by atoms with Crippen LogP contribution in [-0.2, 0) is 19.1 Å². The lowest BCUT2D eigenvalue weighted by Gasteiger charge is -2.19. The summed E-state index contributed by atoms with van der Waals surface area (Å²) in [5.74, 6) is -0.682. The molecule has 21 heavy (non-hydrogen) atoms. The Kier molecular flexibility index (Phi) is 5.60. The van der Waals surface area contributed by atoms with Gasteiger partial charge in [0.25, 0.3) is 0 Å². The highest BCUT2D eigenvalue weighted by atomic mass is 16.6. The summed E-state index contributed by atoms with van der Waals surface area (Å²) in [6.07, 6.45) is 5.08. The largest absolute Gasteiger partial charge is 0.463 e. The van der Waals surface area contributed by atoms with Gasteiger partial charge >= 0.3 is 11.9 Å². The Morgan fingerprint density at radius 3 is 2.38 bits per heavy atom. The van der Waals surface area contributed by atoms with Crippen molar-refractivity contribution in [3.63, 3.8) is 0 Å². The summed E-state index contributed by atoms with van der Waals surface area (Å²) in [4.78, 5) is 23.7. The molecule has 1 aliphatic rings. The van der Waals surface area contributed by atoms with Crippen LogP contribution in [0.15, 0.2) is 12.2 Å². The smallest absolute Gasteiger partial charge is 0.330 e. The van der Waals surface area contributed by atoms with Gasteiger partial charge in [0.1, 0.15) is 5.60 Å². The topological polar surface area (TPSA) is 52.6 Å². The van der Waals surface area contributed by atoms with Crippen molar-refractivity contribution in [1.29, 1.82) is 0 Å². The van der Waals surface area contributed by atoms with E-state index >= 15 is 0 Å². The molecular formula is C17H28O4. The van der Waals surface area contributed by atoms with Crippen molar-refractivity contribution in [3.05, 3.63) is 12.2 Å². The third kappa shape index (κ3) is 5.18. The molecule has 2 atom stereocenters. The summed E-state index contributed by atoms with van der Waals surface area (Å²) in [7, 11) is 0. The number of carbonyl (C=O) groups excluding carboxylic acids is 2. The Morgan fingerprint density at radius 2 is 1.86 bits per heavy atom. The van der Waals surface area contributed by atoms with E-state index in [1.54, 1.807) is 6.08 Å². The molecular weight excluding hydrogens is 268 g/mol. The number of carbonyl (C=O) groups is 2. The fourth-order valence-electron chi connectivity index (χ4n) is 2.40. The predicted molar refractivity (Wildman–Crippen MR) is 81.6 cm³/mol. The molecule has 0 aliphatic heterocycles. The summed E-state index contributed by atoms with van der Waals surface area (Å²) in [6.45, 7) is 12.1. The van der Waals surface area contributed by atoms with E-state index in [2.05, 4.69) is 0 Å². The van der Waals surface area contributed by atoms with E-state index in [4.69, 9.17) is 9.47 Å². The Balaban J connectivity index is 2.53. The number of allylic oxidation sites excluding steroid dienone is 1. The SMILES string of the molecule is CCCCOC(=O)/C=C\[C@H]1[C@@H](C(=O)OC(C)(C)C)C1(C)C. The Morgan fingerprint density at radius 1 is 1.24 bits per heavy atom. The third-order valence-corrected chi connectivity index (χ3v) is 3.75. The highest BCUT2D eigenvalue weighted by Crippen LogP contribution is 2.59. The van der Waals surface area contributed by atoms with Crippen LogP contribution < -0.4 is 0 Å². The van der Waals surface area contributed by atoms with Gasteiger partial charge in [0.2, 0.25) is 0 Å². The number of unbranched alkanes of at least 4 members (excludes halogenated alkanes) is 1. The van der Waals surface area contributed by atoms with Crippen molar-refractivity contribution in [2.45, 2.75) is 60.0 Å². The van der Waals surface area contributed by atoms with Crippen LogP contribution in [0.3, 0.4) is 0 Å². The standard InChI is InChI=1S/C17H28O4/c1-7-8-11-20-13(18)10-9-12-14(17(12,5)6)15(19)21-16(2,3)4/h9-10,12,14H,7-8,11H2,1-6H3/b10-9-/t12-,14-/m0/s1. The molecule has 0 unspecified atom stereocenters. The first-order valence-electron chi connectivity index (χ1n) is 7.67. The second-order valence-corrected chi connectivity index (χ2v) is 7.24. The Bertz CT molecular complexity index is 415. The van der Waals surface area contributed by atoms with Crippen LogP contribution in [0.25, 0.3) is 0 Å². The molecule has 0 spiro atoms. The highest BCUT2D eigenvalue weighted by molar-refractivity contribution is 5.83. The lowest BCUT2D eigenvalue weighted by molar-refractivity contribution is -0.157. The van der Waals surface area contributed by atoms with Crippen molar-refractivity contribution < 1.29 is 19.1 Å². The van der Waals surface area contributed by atoms with E-state index in [1.807, 2.05) is 41.5 Å². The number of hydrogen-bond acceptors (Lipinski definition) is 4. The van der Waals surface area contributed by atoms with Crippen molar-refractivity contribution >= 4 is 11.9 Å². The molecule has 0 radical (unpaired) electrons. The molecule has 0 heterocycles. The molecule has 1 fully saturated rings. The molecule has 0 aromatic carbocycles. The predicted octanol–water partition coefficient (Wildman–Crippen LogP) is 3.50. The molecule has 0 amide bonds. The fourth-order valence-corrected chi connectivity index (χ4v) is 2.40. The molecule has 0 aromatic rings. The number of ether oxygens (including phenoxy) is 2. The minimum atomic E-state index is -0.483. The van der Waals surface area contributed by atoms with Crippen molar-refractivity contribution in [2.24, 2.45) is 17.3 Å². The average Bonchev–Trinajstić information content (AvgIpc) is 2.86. The Labute approximate surface area is 127 Å². The van der Waals surface area contributed by atoms with Gasteiger partial charge in [0.15, 0.2) is 0 Å². The van der Waals surface area contributed by atoms with E-state index in [1.165, 1.54) is 6.08 Å². The molecule has 120 valence electrons. The number of hydrogen-bond donors (Lipinski definition) is 0. The molecule has 0 saturated heterocycles. The molecule has 0 bridgehead atoms. The quantitative estimate of drug-likeness (QED) is 0.427.